The molecule has 160 valence electrons. The molecule has 0 bridgehead atoms. The van der Waals surface area contributed by atoms with E-state index in [4.69, 9.17) is 17.5 Å². The third kappa shape index (κ3) is 23.0. The molecule has 0 amide bonds. The third-order valence-electron chi connectivity index (χ3n) is 4.54. The van der Waals surface area contributed by atoms with E-state index in [0.29, 0.717) is 0 Å². The summed E-state index contributed by atoms with van der Waals surface area (Å²) in [6, 6.07) is 0. The minimum absolute atomic E-state index is 1.02. The Hall–Kier alpha value is -0.950. The zero-order valence-electron chi connectivity index (χ0n) is 17.3. The maximum atomic E-state index is 8.74. The second-order valence-electron chi connectivity index (χ2n) is 7.11. The molecule has 0 aliphatic carbocycles. The SMILES string of the molecule is C=CC[N+](CC=C)(CC=C)CCCCCCCCCCCC.O=S(=O)(O)O. The van der Waals surface area contributed by atoms with Gasteiger partial charge in [-0.15, -0.1) is 0 Å². The lowest BCUT2D eigenvalue weighted by atomic mass is 10.1. The normalized spacial score (nSPS) is 11.4. The van der Waals surface area contributed by atoms with Crippen LogP contribution < -0.4 is 0 Å². The molecule has 0 atom stereocenters. The van der Waals surface area contributed by atoms with Crippen molar-refractivity contribution in [3.8, 4) is 0 Å². The van der Waals surface area contributed by atoms with Crippen molar-refractivity contribution in [2.24, 2.45) is 0 Å². The standard InChI is InChI=1S/C21H40N.H2O4S/c1-5-9-10-11-12-13-14-15-16-17-21-22(18-6-2,19-7-3)20-8-4;1-5(2,3)4/h6-8H,2-5,9-21H2,1H3;(H2,1,2,3,4)/q+1;. The molecule has 0 aliphatic rings. The lowest BCUT2D eigenvalue weighted by Crippen LogP contribution is -2.49. The summed E-state index contributed by atoms with van der Waals surface area (Å²) in [6.07, 6.45) is 20.1. The highest BCUT2D eigenvalue weighted by molar-refractivity contribution is 7.79. The predicted molar refractivity (Wildman–Crippen MR) is 116 cm³/mol. The van der Waals surface area contributed by atoms with Crippen LogP contribution in [0.5, 0.6) is 0 Å². The highest BCUT2D eigenvalue weighted by atomic mass is 32.3. The zero-order chi connectivity index (χ0) is 21.0. The van der Waals surface area contributed by atoms with E-state index in [-0.39, 0.29) is 0 Å². The molecule has 0 rings (SSSR count). The zero-order valence-corrected chi connectivity index (χ0v) is 18.1. The van der Waals surface area contributed by atoms with Crippen LogP contribution in [0, 0.1) is 0 Å². The van der Waals surface area contributed by atoms with Crippen molar-refractivity contribution < 1.29 is 22.0 Å². The molecular weight excluding hydrogens is 362 g/mol. The highest BCUT2D eigenvalue weighted by Crippen LogP contribution is 2.14. The molecule has 0 aromatic rings. The molecule has 0 spiro atoms. The van der Waals surface area contributed by atoms with E-state index in [1.807, 2.05) is 18.2 Å². The summed E-state index contributed by atoms with van der Waals surface area (Å²) in [5.74, 6) is 0. The average molecular weight is 405 g/mol. The Morgan fingerprint density at radius 3 is 1.30 bits per heavy atom. The van der Waals surface area contributed by atoms with Crippen molar-refractivity contribution in [3.05, 3.63) is 38.0 Å². The van der Waals surface area contributed by atoms with Crippen LogP contribution >= 0.6 is 0 Å². The smallest absolute Gasteiger partial charge is 0.314 e. The van der Waals surface area contributed by atoms with Gasteiger partial charge in [0.25, 0.3) is 0 Å². The second-order valence-corrected chi connectivity index (χ2v) is 8.00. The molecule has 0 aromatic heterocycles. The Kier molecular flexibility index (Phi) is 19.3. The molecule has 0 radical (unpaired) electrons. The first-order chi connectivity index (χ1) is 12.7. The van der Waals surface area contributed by atoms with E-state index in [1.54, 1.807) is 0 Å². The summed E-state index contributed by atoms with van der Waals surface area (Å²) in [4.78, 5) is 0. The van der Waals surface area contributed by atoms with Crippen LogP contribution in [0.15, 0.2) is 38.0 Å². The maximum Gasteiger partial charge on any atom is 0.394 e. The van der Waals surface area contributed by atoms with Gasteiger partial charge in [0, 0.05) is 0 Å². The maximum absolute atomic E-state index is 8.74. The molecular formula is C21H42NO4S+. The molecule has 5 nitrogen and oxygen atoms in total. The molecule has 0 unspecified atom stereocenters. The van der Waals surface area contributed by atoms with Gasteiger partial charge in [0.1, 0.15) is 0 Å². The predicted octanol–water partition coefficient (Wildman–Crippen LogP) is 5.63. The lowest BCUT2D eigenvalue weighted by molar-refractivity contribution is -0.912. The van der Waals surface area contributed by atoms with Crippen LogP contribution in [-0.4, -0.2) is 48.2 Å². The Bertz CT molecular complexity index is 440. The van der Waals surface area contributed by atoms with Crippen LogP contribution in [0.2, 0.25) is 0 Å². The molecule has 0 saturated carbocycles. The van der Waals surface area contributed by atoms with Crippen LogP contribution in [0.25, 0.3) is 0 Å². The van der Waals surface area contributed by atoms with Crippen LogP contribution in [-0.2, 0) is 10.4 Å². The van der Waals surface area contributed by atoms with Gasteiger partial charge in [0.2, 0.25) is 0 Å². The van der Waals surface area contributed by atoms with Crippen molar-refractivity contribution >= 4 is 10.4 Å². The summed E-state index contributed by atoms with van der Waals surface area (Å²) < 4.78 is 32.6. The van der Waals surface area contributed by atoms with Gasteiger partial charge in [0.15, 0.2) is 0 Å². The fourth-order valence-corrected chi connectivity index (χ4v) is 3.25. The van der Waals surface area contributed by atoms with Gasteiger partial charge in [-0.05, 0) is 31.1 Å². The van der Waals surface area contributed by atoms with E-state index >= 15 is 0 Å². The van der Waals surface area contributed by atoms with Crippen molar-refractivity contribution in [1.82, 2.24) is 0 Å². The summed E-state index contributed by atoms with van der Waals surface area (Å²) >= 11 is 0. The monoisotopic (exact) mass is 404 g/mol. The van der Waals surface area contributed by atoms with Crippen molar-refractivity contribution in [1.29, 1.82) is 0 Å². The summed E-state index contributed by atoms with van der Waals surface area (Å²) in [5.41, 5.74) is 0. The Balaban J connectivity index is 0. The van der Waals surface area contributed by atoms with Gasteiger partial charge in [-0.1, -0.05) is 78.0 Å². The molecule has 6 heteroatoms. The fraction of sp³-hybridized carbons (Fsp3) is 0.714. The largest absolute Gasteiger partial charge is 0.394 e. The van der Waals surface area contributed by atoms with E-state index in [9.17, 15) is 0 Å². The molecule has 0 fully saturated rings. The first-order valence-corrected chi connectivity index (χ1v) is 11.5. The van der Waals surface area contributed by atoms with Crippen molar-refractivity contribution in [3.63, 3.8) is 0 Å². The molecule has 0 aromatic carbocycles. The summed E-state index contributed by atoms with van der Waals surface area (Å²) in [5, 5.41) is 0. The number of quaternary nitrogens is 1. The average Bonchev–Trinajstić information content (AvgIpc) is 2.56. The second kappa shape index (κ2) is 18.4. The number of hydrogen-bond acceptors (Lipinski definition) is 2. The Morgan fingerprint density at radius 2 is 1.00 bits per heavy atom. The van der Waals surface area contributed by atoms with Gasteiger partial charge in [-0.2, -0.15) is 8.42 Å². The Labute approximate surface area is 168 Å². The highest BCUT2D eigenvalue weighted by Gasteiger charge is 2.21. The summed E-state index contributed by atoms with van der Waals surface area (Å²) in [6.45, 7) is 18.3. The van der Waals surface area contributed by atoms with Gasteiger partial charge in [-0.25, -0.2) is 0 Å². The van der Waals surface area contributed by atoms with E-state index in [0.717, 1.165) is 24.1 Å². The number of hydrogen-bond donors (Lipinski definition) is 2. The quantitative estimate of drug-likeness (QED) is 0.143. The van der Waals surface area contributed by atoms with Crippen LogP contribution in [0.3, 0.4) is 0 Å². The van der Waals surface area contributed by atoms with Gasteiger partial charge >= 0.3 is 10.4 Å². The van der Waals surface area contributed by atoms with Crippen LogP contribution in [0.4, 0.5) is 0 Å². The molecule has 0 saturated heterocycles. The van der Waals surface area contributed by atoms with Gasteiger partial charge in [-0.3, -0.25) is 9.11 Å². The van der Waals surface area contributed by atoms with E-state index < -0.39 is 10.4 Å². The summed E-state index contributed by atoms with van der Waals surface area (Å²) in [7, 11) is -4.67. The van der Waals surface area contributed by atoms with Crippen LogP contribution in [0.1, 0.15) is 71.1 Å². The fourth-order valence-electron chi connectivity index (χ4n) is 3.25. The van der Waals surface area contributed by atoms with Crippen molar-refractivity contribution in [2.75, 3.05) is 26.2 Å². The Morgan fingerprint density at radius 1 is 0.704 bits per heavy atom. The molecule has 0 aliphatic heterocycles. The first kappa shape index (κ1) is 28.3. The number of unbranched alkanes of at least 4 members (excludes halogenated alkanes) is 9. The number of nitrogens with zero attached hydrogens (tertiary/aromatic N) is 1. The van der Waals surface area contributed by atoms with Crippen molar-refractivity contribution in [2.45, 2.75) is 71.1 Å². The van der Waals surface area contributed by atoms with E-state index in [2.05, 4.69) is 26.7 Å². The lowest BCUT2D eigenvalue weighted by Gasteiger charge is -2.36. The first-order valence-electron chi connectivity index (χ1n) is 10.1. The number of rotatable bonds is 17. The van der Waals surface area contributed by atoms with Gasteiger partial charge < -0.3 is 4.48 Å². The molecule has 27 heavy (non-hydrogen) atoms. The minimum atomic E-state index is -4.67. The van der Waals surface area contributed by atoms with E-state index in [1.165, 1.54) is 70.8 Å². The van der Waals surface area contributed by atoms with Gasteiger partial charge in [0.05, 0.1) is 26.2 Å². The minimum Gasteiger partial charge on any atom is -0.314 e. The molecule has 0 heterocycles. The third-order valence-corrected chi connectivity index (χ3v) is 4.54. The molecule has 2 N–H and O–H groups in total. The topological polar surface area (TPSA) is 74.6 Å².